The second kappa shape index (κ2) is 2.23. The van der Waals surface area contributed by atoms with Gasteiger partial charge in [-0.25, -0.2) is 0 Å². The maximum Gasteiger partial charge on any atom is 0.0662 e. The summed E-state index contributed by atoms with van der Waals surface area (Å²) >= 11 is 0. The lowest BCUT2D eigenvalue weighted by Crippen LogP contribution is -2.24. The zero-order chi connectivity index (χ0) is 6.85. The maximum atomic E-state index is 8.51. The standard InChI is InChI=1S/C8H11N/c1-6(2)8-4-3-7(8)5-9/h7-8H,1,3-4H2,2H3/t7-,8-/m0/s1. The quantitative estimate of drug-likeness (QED) is 0.487. The summed E-state index contributed by atoms with van der Waals surface area (Å²) in [5.74, 6) is 0.789. The Morgan fingerprint density at radius 2 is 2.33 bits per heavy atom. The van der Waals surface area contributed by atoms with Gasteiger partial charge in [0.05, 0.1) is 12.0 Å². The predicted molar refractivity (Wildman–Crippen MR) is 36.6 cm³/mol. The number of nitrogens with zero attached hydrogens (tertiary/aromatic N) is 1. The number of nitriles is 1. The van der Waals surface area contributed by atoms with Crippen molar-refractivity contribution < 1.29 is 0 Å². The molecule has 1 aliphatic carbocycles. The molecule has 0 saturated heterocycles. The first-order valence-electron chi connectivity index (χ1n) is 3.30. The minimum absolute atomic E-state index is 0.280. The molecule has 48 valence electrons. The van der Waals surface area contributed by atoms with Gasteiger partial charge in [0, 0.05) is 0 Å². The third kappa shape index (κ3) is 0.977. The Balaban J connectivity index is 2.47. The van der Waals surface area contributed by atoms with Crippen molar-refractivity contribution in [1.82, 2.24) is 0 Å². The third-order valence-electron chi connectivity index (χ3n) is 2.07. The minimum Gasteiger partial charge on any atom is -0.198 e. The average Bonchev–Trinajstić information content (AvgIpc) is 1.61. The van der Waals surface area contributed by atoms with E-state index in [1.54, 1.807) is 0 Å². The summed E-state index contributed by atoms with van der Waals surface area (Å²) in [5, 5.41) is 8.51. The van der Waals surface area contributed by atoms with Crippen LogP contribution >= 0.6 is 0 Å². The molecule has 1 aliphatic rings. The summed E-state index contributed by atoms with van der Waals surface area (Å²) in [6, 6.07) is 2.27. The summed E-state index contributed by atoms with van der Waals surface area (Å²) in [6.45, 7) is 5.83. The van der Waals surface area contributed by atoms with Crippen LogP contribution in [0.4, 0.5) is 0 Å². The molecular formula is C8H11N. The Bertz CT molecular complexity index is 164. The molecule has 0 aromatic heterocycles. The van der Waals surface area contributed by atoms with Crippen molar-refractivity contribution in [3.8, 4) is 6.07 Å². The van der Waals surface area contributed by atoms with Crippen LogP contribution in [0.3, 0.4) is 0 Å². The molecule has 0 unspecified atom stereocenters. The van der Waals surface area contributed by atoms with Crippen LogP contribution in [0.25, 0.3) is 0 Å². The van der Waals surface area contributed by atoms with Crippen LogP contribution in [0.1, 0.15) is 19.8 Å². The Hall–Kier alpha value is -0.770. The molecule has 1 heteroatoms. The Morgan fingerprint density at radius 3 is 2.44 bits per heavy atom. The van der Waals surface area contributed by atoms with Gasteiger partial charge in [0.15, 0.2) is 0 Å². The van der Waals surface area contributed by atoms with E-state index in [9.17, 15) is 0 Å². The lowest BCUT2D eigenvalue weighted by Gasteiger charge is -2.31. The van der Waals surface area contributed by atoms with Gasteiger partial charge in [-0.1, -0.05) is 12.2 Å². The predicted octanol–water partition coefficient (Wildman–Crippen LogP) is 2.11. The van der Waals surface area contributed by atoms with E-state index in [1.165, 1.54) is 12.0 Å². The van der Waals surface area contributed by atoms with Crippen LogP contribution in [-0.2, 0) is 0 Å². The summed E-state index contributed by atoms with van der Waals surface area (Å²) in [4.78, 5) is 0. The second-order valence-corrected chi connectivity index (χ2v) is 2.77. The summed E-state index contributed by atoms with van der Waals surface area (Å²) in [5.41, 5.74) is 1.17. The molecule has 1 rings (SSSR count). The average molecular weight is 121 g/mol. The van der Waals surface area contributed by atoms with Crippen molar-refractivity contribution in [1.29, 1.82) is 5.26 Å². The van der Waals surface area contributed by atoms with Gasteiger partial charge in [-0.2, -0.15) is 5.26 Å². The molecule has 1 nitrogen and oxygen atoms in total. The van der Waals surface area contributed by atoms with Crippen LogP contribution in [0.15, 0.2) is 12.2 Å². The first kappa shape index (κ1) is 6.35. The van der Waals surface area contributed by atoms with Gasteiger partial charge in [-0.05, 0) is 25.7 Å². The number of rotatable bonds is 1. The summed E-state index contributed by atoms with van der Waals surface area (Å²) < 4.78 is 0. The van der Waals surface area contributed by atoms with Crippen molar-refractivity contribution in [3.05, 3.63) is 12.2 Å². The van der Waals surface area contributed by atoms with Crippen molar-refractivity contribution in [2.45, 2.75) is 19.8 Å². The summed E-state index contributed by atoms with van der Waals surface area (Å²) in [7, 11) is 0. The molecule has 1 fully saturated rings. The number of hydrogen-bond acceptors (Lipinski definition) is 1. The monoisotopic (exact) mass is 121 g/mol. The van der Waals surface area contributed by atoms with Gasteiger partial charge in [0.2, 0.25) is 0 Å². The van der Waals surface area contributed by atoms with E-state index in [2.05, 4.69) is 12.6 Å². The summed E-state index contributed by atoms with van der Waals surface area (Å²) in [6.07, 6.45) is 2.25. The third-order valence-corrected chi connectivity index (χ3v) is 2.07. The molecule has 0 bridgehead atoms. The van der Waals surface area contributed by atoms with E-state index in [1.807, 2.05) is 6.92 Å². The van der Waals surface area contributed by atoms with Crippen LogP contribution in [0.2, 0.25) is 0 Å². The van der Waals surface area contributed by atoms with Crippen LogP contribution in [-0.4, -0.2) is 0 Å². The lowest BCUT2D eigenvalue weighted by molar-refractivity contribution is 0.279. The van der Waals surface area contributed by atoms with Crippen molar-refractivity contribution in [2.75, 3.05) is 0 Å². The van der Waals surface area contributed by atoms with Crippen LogP contribution in [0, 0.1) is 23.2 Å². The van der Waals surface area contributed by atoms with Gasteiger partial charge in [0.1, 0.15) is 0 Å². The van der Waals surface area contributed by atoms with E-state index >= 15 is 0 Å². The van der Waals surface area contributed by atoms with E-state index in [4.69, 9.17) is 5.26 Å². The molecule has 0 aliphatic heterocycles. The molecule has 0 heterocycles. The number of hydrogen-bond donors (Lipinski definition) is 0. The van der Waals surface area contributed by atoms with Crippen molar-refractivity contribution in [3.63, 3.8) is 0 Å². The van der Waals surface area contributed by atoms with Crippen LogP contribution < -0.4 is 0 Å². The van der Waals surface area contributed by atoms with Crippen molar-refractivity contribution in [2.24, 2.45) is 11.8 Å². The van der Waals surface area contributed by atoms with Crippen molar-refractivity contribution >= 4 is 0 Å². The van der Waals surface area contributed by atoms with Gasteiger partial charge in [-0.15, -0.1) is 0 Å². The second-order valence-electron chi connectivity index (χ2n) is 2.77. The zero-order valence-electron chi connectivity index (χ0n) is 5.72. The first-order chi connectivity index (χ1) is 4.25. The lowest BCUT2D eigenvalue weighted by atomic mass is 9.71. The minimum atomic E-state index is 0.280. The largest absolute Gasteiger partial charge is 0.198 e. The molecule has 0 N–H and O–H groups in total. The van der Waals surface area contributed by atoms with Crippen LogP contribution in [0.5, 0.6) is 0 Å². The topological polar surface area (TPSA) is 23.8 Å². The van der Waals surface area contributed by atoms with Gasteiger partial charge in [-0.3, -0.25) is 0 Å². The molecule has 2 atom stereocenters. The normalized spacial score (nSPS) is 32.4. The fraction of sp³-hybridized carbons (Fsp3) is 0.625. The molecule has 0 amide bonds. The molecular weight excluding hydrogens is 110 g/mol. The van der Waals surface area contributed by atoms with E-state index in [0.29, 0.717) is 5.92 Å². The molecule has 0 aromatic carbocycles. The van der Waals surface area contributed by atoms with E-state index in [0.717, 1.165) is 6.42 Å². The molecule has 9 heavy (non-hydrogen) atoms. The Kier molecular flexibility index (Phi) is 1.57. The SMILES string of the molecule is C=C(C)[C@@H]1CC[C@H]1C#N. The maximum absolute atomic E-state index is 8.51. The van der Waals surface area contributed by atoms with Gasteiger partial charge in [0.25, 0.3) is 0 Å². The van der Waals surface area contributed by atoms with Gasteiger partial charge >= 0.3 is 0 Å². The highest BCUT2D eigenvalue weighted by molar-refractivity contribution is 5.10. The first-order valence-corrected chi connectivity index (χ1v) is 3.30. The smallest absolute Gasteiger partial charge is 0.0662 e. The Morgan fingerprint density at radius 1 is 1.67 bits per heavy atom. The fourth-order valence-electron chi connectivity index (χ4n) is 1.24. The molecule has 0 spiro atoms. The van der Waals surface area contributed by atoms with Gasteiger partial charge < -0.3 is 0 Å². The van der Waals surface area contributed by atoms with E-state index < -0.39 is 0 Å². The number of allylic oxidation sites excluding steroid dienone is 1. The highest BCUT2D eigenvalue weighted by Gasteiger charge is 2.30. The molecule has 0 radical (unpaired) electrons. The molecule has 1 saturated carbocycles. The fourth-order valence-corrected chi connectivity index (χ4v) is 1.24. The molecule has 0 aromatic rings. The highest BCUT2D eigenvalue weighted by atomic mass is 14.4. The Labute approximate surface area is 56.0 Å². The highest BCUT2D eigenvalue weighted by Crippen LogP contribution is 2.37. The zero-order valence-corrected chi connectivity index (χ0v) is 5.72. The van der Waals surface area contributed by atoms with E-state index in [-0.39, 0.29) is 5.92 Å².